The molecule has 1 unspecified atom stereocenters. The maximum atomic E-state index is 11.8. The molecule has 1 aliphatic rings. The van der Waals surface area contributed by atoms with Crippen LogP contribution < -0.4 is 21.1 Å². The topological polar surface area (TPSA) is 145 Å². The number of nitrogens with two attached hydrogens (primary N) is 1. The lowest BCUT2D eigenvalue weighted by molar-refractivity contribution is -0.119. The van der Waals surface area contributed by atoms with Gasteiger partial charge in [0.25, 0.3) is 5.91 Å². The first kappa shape index (κ1) is 19.2. The summed E-state index contributed by atoms with van der Waals surface area (Å²) in [4.78, 5) is 40.5. The first-order chi connectivity index (χ1) is 14.5. The van der Waals surface area contributed by atoms with Crippen LogP contribution in [0.5, 0.6) is 11.6 Å². The van der Waals surface area contributed by atoms with E-state index in [1.165, 1.54) is 6.07 Å². The van der Waals surface area contributed by atoms with Crippen LogP contribution in [0.25, 0.3) is 11.4 Å². The van der Waals surface area contributed by atoms with Gasteiger partial charge in [-0.05, 0) is 37.6 Å². The number of nitrogens with one attached hydrogen (secondary N) is 2. The Morgan fingerprint density at radius 1 is 1.20 bits per heavy atom. The second kappa shape index (κ2) is 8.11. The van der Waals surface area contributed by atoms with Crippen molar-refractivity contribution in [1.29, 1.82) is 0 Å². The molecule has 1 fully saturated rings. The minimum atomic E-state index is -0.685. The summed E-state index contributed by atoms with van der Waals surface area (Å²) in [5, 5.41) is 5.78. The standard InChI is InChI=1S/C20H19N7O3/c1-11-9-24-17(10-23-11)30-13-4-2-12(3-5-13)19-26-15(18(21)28)8-16(27-19)25-14-6-7-22-20(14)29/h2-5,8-10,14H,6-7H2,1H3,(H2,21,28)(H,22,29)(H,25,26,27). The summed E-state index contributed by atoms with van der Waals surface area (Å²) in [6.45, 7) is 2.43. The van der Waals surface area contributed by atoms with Gasteiger partial charge in [-0.3, -0.25) is 14.6 Å². The normalized spacial score (nSPS) is 15.5. The van der Waals surface area contributed by atoms with Gasteiger partial charge in [0.2, 0.25) is 11.8 Å². The van der Waals surface area contributed by atoms with Gasteiger partial charge in [0.05, 0.1) is 18.1 Å². The number of carbonyl (C=O) groups is 2. The predicted octanol–water partition coefficient (Wildman–Crippen LogP) is 1.43. The number of rotatable bonds is 6. The average molecular weight is 405 g/mol. The Labute approximate surface area is 171 Å². The van der Waals surface area contributed by atoms with E-state index in [-0.39, 0.29) is 11.6 Å². The molecule has 30 heavy (non-hydrogen) atoms. The molecule has 1 aliphatic heterocycles. The number of amides is 2. The van der Waals surface area contributed by atoms with Crippen LogP contribution in [0.1, 0.15) is 22.6 Å². The molecule has 4 N–H and O–H groups in total. The van der Waals surface area contributed by atoms with Gasteiger partial charge in [-0.25, -0.2) is 15.0 Å². The highest BCUT2D eigenvalue weighted by Crippen LogP contribution is 2.24. The molecule has 2 amide bonds. The zero-order valence-electron chi connectivity index (χ0n) is 16.1. The molecule has 1 aromatic carbocycles. The third-order valence-corrected chi connectivity index (χ3v) is 4.44. The number of aromatic nitrogens is 4. The third kappa shape index (κ3) is 4.32. The van der Waals surface area contributed by atoms with E-state index >= 15 is 0 Å². The first-order valence-corrected chi connectivity index (χ1v) is 9.28. The van der Waals surface area contributed by atoms with Crippen LogP contribution in [-0.2, 0) is 4.79 Å². The summed E-state index contributed by atoms with van der Waals surface area (Å²) in [5.41, 5.74) is 6.92. The lowest BCUT2D eigenvalue weighted by Gasteiger charge is -2.13. The van der Waals surface area contributed by atoms with Gasteiger partial charge in [0, 0.05) is 18.2 Å². The van der Waals surface area contributed by atoms with Crippen molar-refractivity contribution in [2.75, 3.05) is 11.9 Å². The van der Waals surface area contributed by atoms with Crippen molar-refractivity contribution in [2.45, 2.75) is 19.4 Å². The zero-order chi connectivity index (χ0) is 21.1. The van der Waals surface area contributed by atoms with Crippen LogP contribution in [0.2, 0.25) is 0 Å². The highest BCUT2D eigenvalue weighted by Gasteiger charge is 2.24. The van der Waals surface area contributed by atoms with Gasteiger partial charge in [0.1, 0.15) is 23.3 Å². The van der Waals surface area contributed by atoms with Gasteiger partial charge in [-0.2, -0.15) is 0 Å². The fourth-order valence-electron chi connectivity index (χ4n) is 2.91. The van der Waals surface area contributed by atoms with Crippen molar-refractivity contribution < 1.29 is 14.3 Å². The van der Waals surface area contributed by atoms with Crippen LogP contribution in [0.3, 0.4) is 0 Å². The molecule has 10 nitrogen and oxygen atoms in total. The number of benzene rings is 1. The molecule has 2 aromatic heterocycles. The van der Waals surface area contributed by atoms with Gasteiger partial charge < -0.3 is 21.1 Å². The zero-order valence-corrected chi connectivity index (χ0v) is 16.1. The molecular weight excluding hydrogens is 386 g/mol. The molecule has 3 heterocycles. The quantitative estimate of drug-likeness (QED) is 0.558. The predicted molar refractivity (Wildman–Crippen MR) is 108 cm³/mol. The van der Waals surface area contributed by atoms with Crippen molar-refractivity contribution in [1.82, 2.24) is 25.3 Å². The minimum Gasteiger partial charge on any atom is -0.438 e. The van der Waals surface area contributed by atoms with Crippen LogP contribution >= 0.6 is 0 Å². The molecule has 0 spiro atoms. The maximum absolute atomic E-state index is 11.8. The molecule has 3 aromatic rings. The summed E-state index contributed by atoms with van der Waals surface area (Å²) >= 11 is 0. The Bertz CT molecular complexity index is 1080. The molecule has 4 rings (SSSR count). The Kier molecular flexibility index (Phi) is 5.21. The van der Waals surface area contributed by atoms with Crippen molar-refractivity contribution in [3.8, 4) is 23.0 Å². The number of nitrogens with zero attached hydrogens (tertiary/aromatic N) is 4. The van der Waals surface area contributed by atoms with Crippen LogP contribution in [0, 0.1) is 6.92 Å². The summed E-state index contributed by atoms with van der Waals surface area (Å²) < 4.78 is 5.67. The molecule has 152 valence electrons. The Morgan fingerprint density at radius 2 is 2.00 bits per heavy atom. The molecule has 0 radical (unpaired) electrons. The number of hydrogen-bond acceptors (Lipinski definition) is 8. The summed E-state index contributed by atoms with van der Waals surface area (Å²) in [5.74, 6) is 0.789. The van der Waals surface area contributed by atoms with E-state index in [1.807, 2.05) is 6.92 Å². The second-order valence-corrected chi connectivity index (χ2v) is 6.73. The lowest BCUT2D eigenvalue weighted by atomic mass is 10.2. The van der Waals surface area contributed by atoms with Crippen LogP contribution in [0.4, 0.5) is 5.82 Å². The highest BCUT2D eigenvalue weighted by molar-refractivity contribution is 5.92. The van der Waals surface area contributed by atoms with Gasteiger partial charge >= 0.3 is 0 Å². The van der Waals surface area contributed by atoms with E-state index in [1.54, 1.807) is 36.7 Å². The van der Waals surface area contributed by atoms with E-state index in [9.17, 15) is 9.59 Å². The summed E-state index contributed by atoms with van der Waals surface area (Å²) in [6, 6.07) is 7.99. The Hall–Kier alpha value is -4.08. The largest absolute Gasteiger partial charge is 0.438 e. The minimum absolute atomic E-state index is 0.0520. The monoisotopic (exact) mass is 405 g/mol. The number of anilines is 1. The average Bonchev–Trinajstić information content (AvgIpc) is 3.14. The fraction of sp³-hybridized carbons (Fsp3) is 0.200. The number of hydrogen-bond donors (Lipinski definition) is 3. The fourth-order valence-corrected chi connectivity index (χ4v) is 2.91. The highest BCUT2D eigenvalue weighted by atomic mass is 16.5. The molecule has 0 saturated carbocycles. The number of ether oxygens (including phenoxy) is 1. The molecule has 0 aliphatic carbocycles. The SMILES string of the molecule is Cc1cnc(Oc2ccc(-c3nc(NC4CCNC4=O)cc(C(N)=O)n3)cc2)cn1. The smallest absolute Gasteiger partial charge is 0.267 e. The Morgan fingerprint density at radius 3 is 2.63 bits per heavy atom. The van der Waals surface area contributed by atoms with Gasteiger partial charge in [-0.1, -0.05) is 0 Å². The molecule has 10 heteroatoms. The Balaban J connectivity index is 1.58. The molecular formula is C20H19N7O3. The van der Waals surface area contributed by atoms with Crippen molar-refractivity contribution >= 4 is 17.6 Å². The number of aryl methyl sites for hydroxylation is 1. The number of primary amides is 1. The number of carbonyl (C=O) groups excluding carboxylic acids is 2. The van der Waals surface area contributed by atoms with Gasteiger partial charge in [-0.15, -0.1) is 0 Å². The lowest BCUT2D eigenvalue weighted by Crippen LogP contribution is -2.30. The van der Waals surface area contributed by atoms with E-state index < -0.39 is 11.9 Å². The van der Waals surface area contributed by atoms with Gasteiger partial charge in [0.15, 0.2) is 5.82 Å². The second-order valence-electron chi connectivity index (χ2n) is 6.73. The van der Waals surface area contributed by atoms with Crippen molar-refractivity contribution in [3.05, 3.63) is 54.1 Å². The van der Waals surface area contributed by atoms with Crippen LogP contribution in [0.15, 0.2) is 42.7 Å². The van der Waals surface area contributed by atoms with E-state index in [0.29, 0.717) is 41.8 Å². The molecule has 1 saturated heterocycles. The molecule has 0 bridgehead atoms. The molecule has 1 atom stereocenters. The third-order valence-electron chi connectivity index (χ3n) is 4.44. The summed E-state index contributed by atoms with van der Waals surface area (Å²) in [7, 11) is 0. The summed E-state index contributed by atoms with van der Waals surface area (Å²) in [6.07, 6.45) is 3.78. The van der Waals surface area contributed by atoms with E-state index in [0.717, 1.165) is 5.69 Å². The van der Waals surface area contributed by atoms with Crippen molar-refractivity contribution in [3.63, 3.8) is 0 Å². The first-order valence-electron chi connectivity index (χ1n) is 9.28. The van der Waals surface area contributed by atoms with E-state index in [2.05, 4.69) is 30.6 Å². The maximum Gasteiger partial charge on any atom is 0.267 e. The van der Waals surface area contributed by atoms with Crippen LogP contribution in [-0.4, -0.2) is 44.3 Å². The van der Waals surface area contributed by atoms with Crippen molar-refractivity contribution in [2.24, 2.45) is 5.73 Å². The van der Waals surface area contributed by atoms with E-state index in [4.69, 9.17) is 10.5 Å².